The molecule has 21 heavy (non-hydrogen) atoms. The second kappa shape index (κ2) is 6.43. The minimum atomic E-state index is -0.0408. The van der Waals surface area contributed by atoms with Crippen LogP contribution in [-0.2, 0) is 19.3 Å². The standard InChI is InChI=1S/C16H21N3OS/c1-2-12-10-15(19-18-12)17-16(20)14-9-11-7-5-3-4-6-8-13(11)21-14/h9-10H,2-8H2,1H3,(H2,17,18,19,20). The van der Waals surface area contributed by atoms with Gasteiger partial charge in [0.05, 0.1) is 4.88 Å². The van der Waals surface area contributed by atoms with Crippen molar-refractivity contribution in [2.75, 3.05) is 5.32 Å². The first-order valence-corrected chi connectivity index (χ1v) is 8.55. The minimum absolute atomic E-state index is 0.0408. The smallest absolute Gasteiger partial charge is 0.266 e. The second-order valence-electron chi connectivity index (χ2n) is 5.56. The Kier molecular flexibility index (Phi) is 4.39. The van der Waals surface area contributed by atoms with Crippen LogP contribution in [0.5, 0.6) is 0 Å². The van der Waals surface area contributed by atoms with Gasteiger partial charge in [0.15, 0.2) is 5.82 Å². The van der Waals surface area contributed by atoms with Crippen LogP contribution in [0.2, 0.25) is 0 Å². The van der Waals surface area contributed by atoms with Gasteiger partial charge in [-0.1, -0.05) is 19.8 Å². The fourth-order valence-electron chi connectivity index (χ4n) is 2.74. The van der Waals surface area contributed by atoms with Crippen molar-refractivity contribution in [3.63, 3.8) is 0 Å². The molecule has 3 rings (SSSR count). The maximum atomic E-state index is 12.3. The van der Waals surface area contributed by atoms with Crippen molar-refractivity contribution in [1.82, 2.24) is 10.2 Å². The van der Waals surface area contributed by atoms with Gasteiger partial charge in [0.25, 0.3) is 5.91 Å². The lowest BCUT2D eigenvalue weighted by atomic mass is 10.00. The second-order valence-corrected chi connectivity index (χ2v) is 6.70. The summed E-state index contributed by atoms with van der Waals surface area (Å²) < 4.78 is 0. The van der Waals surface area contributed by atoms with Gasteiger partial charge in [-0.2, -0.15) is 5.10 Å². The number of aromatic amines is 1. The molecule has 2 aromatic rings. The quantitative estimate of drug-likeness (QED) is 0.902. The SMILES string of the molecule is CCc1cc(NC(=O)c2cc3c(s2)CCCCCC3)n[nH]1. The van der Waals surface area contributed by atoms with Crippen molar-refractivity contribution in [3.05, 3.63) is 33.1 Å². The van der Waals surface area contributed by atoms with Crippen LogP contribution >= 0.6 is 11.3 Å². The number of carbonyl (C=O) groups excluding carboxylic acids is 1. The number of aromatic nitrogens is 2. The molecule has 0 fully saturated rings. The van der Waals surface area contributed by atoms with Crippen molar-refractivity contribution < 1.29 is 4.79 Å². The molecule has 1 aliphatic rings. The number of H-pyrrole nitrogens is 1. The van der Waals surface area contributed by atoms with Crippen LogP contribution in [-0.4, -0.2) is 16.1 Å². The molecule has 112 valence electrons. The van der Waals surface area contributed by atoms with Crippen LogP contribution in [0.1, 0.15) is 58.4 Å². The highest BCUT2D eigenvalue weighted by Gasteiger charge is 2.16. The number of hydrogen-bond acceptors (Lipinski definition) is 3. The van der Waals surface area contributed by atoms with E-state index in [-0.39, 0.29) is 5.91 Å². The van der Waals surface area contributed by atoms with Crippen molar-refractivity contribution in [2.45, 2.75) is 51.9 Å². The molecular formula is C16H21N3OS. The minimum Gasteiger partial charge on any atom is -0.304 e. The lowest BCUT2D eigenvalue weighted by molar-refractivity contribution is 0.103. The van der Waals surface area contributed by atoms with Gasteiger partial charge in [0.1, 0.15) is 0 Å². The Bertz CT molecular complexity index is 604. The van der Waals surface area contributed by atoms with E-state index in [0.717, 1.165) is 29.8 Å². The predicted octanol–water partition coefficient (Wildman–Crippen LogP) is 3.94. The summed E-state index contributed by atoms with van der Waals surface area (Å²) >= 11 is 1.65. The van der Waals surface area contributed by atoms with E-state index in [1.807, 2.05) is 6.07 Å². The molecule has 0 aromatic carbocycles. The van der Waals surface area contributed by atoms with Crippen LogP contribution in [0.15, 0.2) is 12.1 Å². The van der Waals surface area contributed by atoms with E-state index in [2.05, 4.69) is 28.5 Å². The summed E-state index contributed by atoms with van der Waals surface area (Å²) in [5.41, 5.74) is 2.41. The molecule has 4 nitrogen and oxygen atoms in total. The molecule has 2 heterocycles. The van der Waals surface area contributed by atoms with Gasteiger partial charge in [0, 0.05) is 16.6 Å². The van der Waals surface area contributed by atoms with E-state index in [9.17, 15) is 4.79 Å². The highest BCUT2D eigenvalue weighted by Crippen LogP contribution is 2.28. The van der Waals surface area contributed by atoms with Gasteiger partial charge in [-0.3, -0.25) is 9.89 Å². The number of fused-ring (bicyclic) bond motifs is 1. The van der Waals surface area contributed by atoms with E-state index < -0.39 is 0 Å². The highest BCUT2D eigenvalue weighted by atomic mass is 32.1. The first-order valence-electron chi connectivity index (χ1n) is 7.73. The molecule has 0 radical (unpaired) electrons. The zero-order valence-electron chi connectivity index (χ0n) is 12.4. The molecule has 1 amide bonds. The van der Waals surface area contributed by atoms with Crippen LogP contribution in [0.4, 0.5) is 5.82 Å². The molecular weight excluding hydrogens is 282 g/mol. The molecule has 1 aliphatic carbocycles. The number of hydrogen-bond donors (Lipinski definition) is 2. The number of nitrogens with zero attached hydrogens (tertiary/aromatic N) is 1. The number of carbonyl (C=O) groups is 1. The summed E-state index contributed by atoms with van der Waals surface area (Å²) in [6.07, 6.45) is 8.22. The van der Waals surface area contributed by atoms with Crippen molar-refractivity contribution >= 4 is 23.1 Å². The molecule has 0 bridgehead atoms. The van der Waals surface area contributed by atoms with Crippen LogP contribution in [0, 0.1) is 0 Å². The molecule has 2 N–H and O–H groups in total. The Balaban J connectivity index is 1.73. The number of amides is 1. The van der Waals surface area contributed by atoms with Crippen LogP contribution in [0.25, 0.3) is 0 Å². The van der Waals surface area contributed by atoms with Gasteiger partial charge in [0.2, 0.25) is 0 Å². The van der Waals surface area contributed by atoms with Gasteiger partial charge in [-0.05, 0) is 43.7 Å². The lowest BCUT2D eigenvalue weighted by Crippen LogP contribution is -2.10. The topological polar surface area (TPSA) is 57.8 Å². The first kappa shape index (κ1) is 14.3. The Labute approximate surface area is 129 Å². The number of anilines is 1. The summed E-state index contributed by atoms with van der Waals surface area (Å²) in [6.45, 7) is 2.05. The Hall–Kier alpha value is -1.62. The third-order valence-corrected chi connectivity index (χ3v) is 5.21. The summed E-state index contributed by atoms with van der Waals surface area (Å²) in [7, 11) is 0. The predicted molar refractivity (Wildman–Crippen MR) is 86.1 cm³/mol. The van der Waals surface area contributed by atoms with Crippen molar-refractivity contribution in [2.24, 2.45) is 0 Å². The third kappa shape index (κ3) is 3.35. The zero-order valence-corrected chi connectivity index (χ0v) is 13.2. The summed E-state index contributed by atoms with van der Waals surface area (Å²) in [4.78, 5) is 14.6. The molecule has 0 atom stereocenters. The molecule has 2 aromatic heterocycles. The largest absolute Gasteiger partial charge is 0.304 e. The molecule has 0 saturated heterocycles. The Morgan fingerprint density at radius 2 is 2.10 bits per heavy atom. The maximum absolute atomic E-state index is 12.3. The number of aryl methyl sites for hydroxylation is 3. The molecule has 5 heteroatoms. The maximum Gasteiger partial charge on any atom is 0.266 e. The van der Waals surface area contributed by atoms with Gasteiger partial charge in [-0.25, -0.2) is 0 Å². The molecule has 0 unspecified atom stereocenters. The van der Waals surface area contributed by atoms with E-state index >= 15 is 0 Å². The fourth-order valence-corrected chi connectivity index (χ4v) is 3.89. The van der Waals surface area contributed by atoms with Crippen molar-refractivity contribution in [1.29, 1.82) is 0 Å². The monoisotopic (exact) mass is 303 g/mol. The number of nitrogens with one attached hydrogen (secondary N) is 2. The van der Waals surface area contributed by atoms with Gasteiger partial charge in [-0.15, -0.1) is 11.3 Å². The third-order valence-electron chi connectivity index (χ3n) is 3.97. The Morgan fingerprint density at radius 1 is 1.29 bits per heavy atom. The van der Waals surface area contributed by atoms with E-state index in [4.69, 9.17) is 0 Å². The van der Waals surface area contributed by atoms with E-state index in [1.54, 1.807) is 11.3 Å². The normalized spacial score (nSPS) is 15.1. The fraction of sp³-hybridized carbons (Fsp3) is 0.500. The highest BCUT2D eigenvalue weighted by molar-refractivity contribution is 7.14. The Morgan fingerprint density at radius 3 is 2.86 bits per heavy atom. The van der Waals surface area contributed by atoms with Gasteiger partial charge < -0.3 is 5.32 Å². The zero-order chi connectivity index (χ0) is 14.7. The average molecular weight is 303 g/mol. The van der Waals surface area contributed by atoms with E-state index in [1.165, 1.54) is 36.1 Å². The number of thiophene rings is 1. The number of rotatable bonds is 3. The summed E-state index contributed by atoms with van der Waals surface area (Å²) in [5.74, 6) is 0.568. The molecule has 0 saturated carbocycles. The summed E-state index contributed by atoms with van der Waals surface area (Å²) in [6, 6.07) is 3.97. The van der Waals surface area contributed by atoms with Crippen LogP contribution in [0.3, 0.4) is 0 Å². The lowest BCUT2D eigenvalue weighted by Gasteiger charge is -2.07. The van der Waals surface area contributed by atoms with E-state index in [0.29, 0.717) is 5.82 Å². The summed E-state index contributed by atoms with van der Waals surface area (Å²) in [5, 5.41) is 9.91. The van der Waals surface area contributed by atoms with Crippen molar-refractivity contribution in [3.8, 4) is 0 Å². The molecule has 0 aliphatic heterocycles. The first-order chi connectivity index (χ1) is 10.3. The van der Waals surface area contributed by atoms with Gasteiger partial charge >= 0.3 is 0 Å². The molecule has 0 spiro atoms. The van der Waals surface area contributed by atoms with Crippen LogP contribution < -0.4 is 5.32 Å². The average Bonchev–Trinajstić information content (AvgIpc) is 3.06.